The lowest BCUT2D eigenvalue weighted by atomic mass is 9.89. The summed E-state index contributed by atoms with van der Waals surface area (Å²) in [4.78, 5) is 15.9. The second-order valence-corrected chi connectivity index (χ2v) is 7.25. The van der Waals surface area contributed by atoms with E-state index in [4.69, 9.17) is 15.2 Å². The van der Waals surface area contributed by atoms with Gasteiger partial charge in [-0.3, -0.25) is 4.98 Å². The van der Waals surface area contributed by atoms with Gasteiger partial charge in [-0.1, -0.05) is 38.5 Å². The molecule has 0 unspecified atom stereocenters. The Labute approximate surface area is 185 Å². The lowest BCUT2D eigenvalue weighted by Gasteiger charge is -2.29. The molecule has 1 aromatic rings. The van der Waals surface area contributed by atoms with Crippen molar-refractivity contribution in [2.24, 2.45) is 5.73 Å². The first-order valence-corrected chi connectivity index (χ1v) is 9.89. The molecule has 4 N–H and O–H groups in total. The second-order valence-electron chi connectivity index (χ2n) is 7.25. The van der Waals surface area contributed by atoms with Crippen molar-refractivity contribution in [3.05, 3.63) is 24.0 Å². The van der Waals surface area contributed by atoms with Crippen LogP contribution >= 0.6 is 24.8 Å². The summed E-state index contributed by atoms with van der Waals surface area (Å²) in [5.41, 5.74) is 4.25. The second kappa shape index (κ2) is 14.8. The van der Waals surface area contributed by atoms with Crippen molar-refractivity contribution in [2.75, 3.05) is 19.8 Å². The molecule has 1 aliphatic heterocycles. The molecule has 2 atom stereocenters. The van der Waals surface area contributed by atoms with E-state index in [1.165, 1.54) is 25.7 Å². The molecular weight excluding hydrogens is 419 g/mol. The minimum atomic E-state index is -2.14. The predicted octanol–water partition coefficient (Wildman–Crippen LogP) is 3.14. The van der Waals surface area contributed by atoms with E-state index in [2.05, 4.69) is 4.98 Å². The SMILES string of the molecule is Cl.Cl.N[C@H]1COCCCCCCCCCCOc2ccnc(c2)C[C@]1(O)C(=O)O. The molecule has 0 spiro atoms. The van der Waals surface area contributed by atoms with E-state index in [0.717, 1.165) is 25.7 Å². The third kappa shape index (κ3) is 9.49. The van der Waals surface area contributed by atoms with Gasteiger partial charge in [-0.15, -0.1) is 24.8 Å². The Morgan fingerprint density at radius 2 is 1.66 bits per heavy atom. The van der Waals surface area contributed by atoms with Crippen LogP contribution in [0.25, 0.3) is 0 Å². The van der Waals surface area contributed by atoms with Crippen LogP contribution in [0.4, 0.5) is 0 Å². The lowest BCUT2D eigenvalue weighted by Crippen LogP contribution is -2.57. The normalized spacial score (nSPS) is 25.0. The standard InChI is InChI=1S/C20H32N2O5.2ClH/c21-18-15-26-11-7-5-3-1-2-4-6-8-12-27-17-9-10-22-16(13-17)14-20(18,25)19(23)24;;/h9-10,13,18,25H,1-8,11-12,14-15,21H2,(H,23,24);2*1H/t18-,20+;;/m0../s1. The maximum absolute atomic E-state index is 11.7. The first kappa shape index (κ1) is 27.9. The smallest absolute Gasteiger partial charge is 0.337 e. The lowest BCUT2D eigenvalue weighted by molar-refractivity contribution is -0.162. The summed E-state index contributed by atoms with van der Waals surface area (Å²) >= 11 is 0. The van der Waals surface area contributed by atoms with Gasteiger partial charge in [0, 0.05) is 31.0 Å². The molecule has 0 saturated heterocycles. The minimum Gasteiger partial charge on any atom is -0.493 e. The average Bonchev–Trinajstić information content (AvgIpc) is 2.64. The number of halogens is 2. The van der Waals surface area contributed by atoms with Crippen LogP contribution in [-0.4, -0.2) is 52.6 Å². The van der Waals surface area contributed by atoms with Crippen molar-refractivity contribution >= 4 is 30.8 Å². The van der Waals surface area contributed by atoms with E-state index < -0.39 is 17.6 Å². The molecule has 2 rings (SSSR count). The van der Waals surface area contributed by atoms with Gasteiger partial charge in [0.25, 0.3) is 0 Å². The molecule has 0 radical (unpaired) electrons. The molecule has 0 fully saturated rings. The summed E-state index contributed by atoms with van der Waals surface area (Å²) < 4.78 is 11.3. The number of nitrogens with zero attached hydrogens (tertiary/aromatic N) is 1. The van der Waals surface area contributed by atoms with Crippen LogP contribution in [0.3, 0.4) is 0 Å². The molecule has 0 saturated carbocycles. The zero-order valence-corrected chi connectivity index (χ0v) is 18.4. The number of hydrogen-bond donors (Lipinski definition) is 3. The maximum Gasteiger partial charge on any atom is 0.337 e. The minimum absolute atomic E-state index is 0. The summed E-state index contributed by atoms with van der Waals surface area (Å²) in [6, 6.07) is 2.34. The van der Waals surface area contributed by atoms with Gasteiger partial charge in [-0.05, 0) is 18.9 Å². The number of aromatic nitrogens is 1. The van der Waals surface area contributed by atoms with Crippen molar-refractivity contribution < 1.29 is 24.5 Å². The van der Waals surface area contributed by atoms with E-state index in [9.17, 15) is 15.0 Å². The number of carbonyl (C=O) groups is 1. The van der Waals surface area contributed by atoms with E-state index in [1.807, 2.05) is 0 Å². The highest BCUT2D eigenvalue weighted by atomic mass is 35.5. The number of aliphatic carboxylic acids is 1. The van der Waals surface area contributed by atoms with Crippen LogP contribution in [0.1, 0.15) is 57.1 Å². The zero-order valence-electron chi connectivity index (χ0n) is 16.8. The van der Waals surface area contributed by atoms with Crippen LogP contribution in [-0.2, 0) is 16.0 Å². The number of ether oxygens (including phenoxy) is 2. The van der Waals surface area contributed by atoms with E-state index in [0.29, 0.717) is 24.7 Å². The maximum atomic E-state index is 11.7. The molecule has 29 heavy (non-hydrogen) atoms. The zero-order chi connectivity index (χ0) is 19.5. The van der Waals surface area contributed by atoms with Gasteiger partial charge >= 0.3 is 5.97 Å². The fourth-order valence-electron chi connectivity index (χ4n) is 3.19. The van der Waals surface area contributed by atoms with Crippen molar-refractivity contribution in [1.29, 1.82) is 0 Å². The van der Waals surface area contributed by atoms with Gasteiger partial charge in [0.2, 0.25) is 0 Å². The van der Waals surface area contributed by atoms with Crippen LogP contribution in [0.5, 0.6) is 5.75 Å². The van der Waals surface area contributed by atoms with Crippen LogP contribution in [0, 0.1) is 0 Å². The number of carboxylic acid groups (broad SMARTS) is 1. The summed E-state index contributed by atoms with van der Waals surface area (Å²) in [5.74, 6) is -0.756. The van der Waals surface area contributed by atoms with Crippen molar-refractivity contribution in [1.82, 2.24) is 4.98 Å². The molecule has 0 aliphatic carbocycles. The third-order valence-corrected chi connectivity index (χ3v) is 4.97. The Balaban J connectivity index is 0.00000392. The highest BCUT2D eigenvalue weighted by Gasteiger charge is 2.43. The van der Waals surface area contributed by atoms with Gasteiger partial charge < -0.3 is 25.4 Å². The van der Waals surface area contributed by atoms with Crippen LogP contribution in [0.2, 0.25) is 0 Å². The molecule has 0 amide bonds. The summed E-state index contributed by atoms with van der Waals surface area (Å²) in [6.45, 7) is 1.12. The number of pyridine rings is 1. The van der Waals surface area contributed by atoms with E-state index in [1.54, 1.807) is 18.3 Å². The van der Waals surface area contributed by atoms with Gasteiger partial charge in [0.05, 0.1) is 19.3 Å². The topological polar surface area (TPSA) is 115 Å². The molecule has 7 nitrogen and oxygen atoms in total. The van der Waals surface area contributed by atoms with Crippen molar-refractivity contribution in [2.45, 2.75) is 69.4 Å². The van der Waals surface area contributed by atoms with Crippen molar-refractivity contribution in [3.63, 3.8) is 0 Å². The van der Waals surface area contributed by atoms with Crippen LogP contribution < -0.4 is 10.5 Å². The summed E-state index contributed by atoms with van der Waals surface area (Å²) in [6.07, 6.45) is 10.3. The fourth-order valence-corrected chi connectivity index (χ4v) is 3.19. The number of nitrogens with two attached hydrogens (primary N) is 1. The molecular formula is C20H34Cl2N2O5. The third-order valence-electron chi connectivity index (χ3n) is 4.97. The highest BCUT2D eigenvalue weighted by molar-refractivity contribution is 5.85. The molecule has 2 bridgehead atoms. The summed E-state index contributed by atoms with van der Waals surface area (Å²) in [7, 11) is 0. The van der Waals surface area contributed by atoms with Gasteiger partial charge in [-0.25, -0.2) is 4.79 Å². The number of fused-ring (bicyclic) bond motifs is 2. The largest absolute Gasteiger partial charge is 0.493 e. The Hall–Kier alpha value is -1.12. The first-order chi connectivity index (χ1) is 13.0. The Bertz CT molecular complexity index is 594. The van der Waals surface area contributed by atoms with E-state index in [-0.39, 0.29) is 37.8 Å². The van der Waals surface area contributed by atoms with Crippen LogP contribution in [0.15, 0.2) is 18.3 Å². The molecule has 168 valence electrons. The average molecular weight is 453 g/mol. The molecule has 9 heteroatoms. The van der Waals surface area contributed by atoms with Gasteiger partial charge in [0.1, 0.15) is 5.75 Å². The van der Waals surface area contributed by atoms with E-state index >= 15 is 0 Å². The molecule has 1 aliphatic rings. The quantitative estimate of drug-likeness (QED) is 0.599. The van der Waals surface area contributed by atoms with Gasteiger partial charge in [0.15, 0.2) is 5.60 Å². The molecule has 2 heterocycles. The molecule has 1 aromatic heterocycles. The fraction of sp³-hybridized carbons (Fsp3) is 0.700. The predicted molar refractivity (Wildman–Crippen MR) is 116 cm³/mol. The number of rotatable bonds is 1. The van der Waals surface area contributed by atoms with Gasteiger partial charge in [-0.2, -0.15) is 0 Å². The van der Waals surface area contributed by atoms with Crippen molar-refractivity contribution in [3.8, 4) is 5.75 Å². The first-order valence-electron chi connectivity index (χ1n) is 9.89. The molecule has 0 aromatic carbocycles. The highest BCUT2D eigenvalue weighted by Crippen LogP contribution is 2.20. The Kier molecular flexibility index (Phi) is 14.2. The number of carboxylic acids is 1. The Morgan fingerprint density at radius 3 is 2.28 bits per heavy atom. The Morgan fingerprint density at radius 1 is 1.07 bits per heavy atom. The number of hydrogen-bond acceptors (Lipinski definition) is 6. The summed E-state index contributed by atoms with van der Waals surface area (Å²) in [5, 5.41) is 20.2. The monoisotopic (exact) mass is 452 g/mol. The number of aliphatic hydroxyl groups is 1.